The summed E-state index contributed by atoms with van der Waals surface area (Å²) < 4.78 is 16.4. The van der Waals surface area contributed by atoms with Crippen molar-refractivity contribution in [2.24, 2.45) is 5.73 Å². The summed E-state index contributed by atoms with van der Waals surface area (Å²) in [5, 5.41) is 10.6. The molecule has 0 aromatic heterocycles. The Labute approximate surface area is 141 Å². The summed E-state index contributed by atoms with van der Waals surface area (Å²) in [6, 6.07) is 3.55. The minimum Gasteiger partial charge on any atom is -0.496 e. The number of amides is 1. The maximum Gasteiger partial charge on any atom is 0.252 e. The number of fused-ring (bicyclic) bond motifs is 1. The number of methoxy groups -OCH3 is 2. The van der Waals surface area contributed by atoms with Gasteiger partial charge in [-0.1, -0.05) is 0 Å². The molecule has 1 amide bonds. The second-order valence-electron chi connectivity index (χ2n) is 6.16. The molecule has 0 aliphatic carbocycles. The van der Waals surface area contributed by atoms with Crippen molar-refractivity contribution in [2.45, 2.75) is 37.7 Å². The van der Waals surface area contributed by atoms with Crippen molar-refractivity contribution in [2.75, 3.05) is 27.3 Å². The summed E-state index contributed by atoms with van der Waals surface area (Å²) in [4.78, 5) is 14.4. The number of aliphatic hydroxyl groups is 1. The number of benzene rings is 1. The number of β-amino-alcohol motifs (C(OH)–C–C–N with tert-alkyl or cyclic N) is 1. The summed E-state index contributed by atoms with van der Waals surface area (Å²) in [6.07, 6.45) is 0.0841. The Morgan fingerprint density at radius 3 is 2.67 bits per heavy atom. The number of carbonyl (C=O) groups excluding carboxylic acids is 1. The zero-order valence-electron chi connectivity index (χ0n) is 14.0. The lowest BCUT2D eigenvalue weighted by Crippen LogP contribution is -2.44. The minimum absolute atomic E-state index is 0.0596. The third-order valence-electron chi connectivity index (χ3n) is 4.75. The molecule has 2 aliphatic rings. The number of nitrogens with two attached hydrogens (primary N) is 1. The van der Waals surface area contributed by atoms with Gasteiger partial charge in [0.25, 0.3) is 5.91 Å². The Kier molecular flexibility index (Phi) is 4.93. The van der Waals surface area contributed by atoms with E-state index >= 15 is 0 Å². The molecule has 1 unspecified atom stereocenters. The summed E-state index contributed by atoms with van der Waals surface area (Å²) in [7, 11) is 3.13. The van der Waals surface area contributed by atoms with Gasteiger partial charge < -0.3 is 30.0 Å². The van der Waals surface area contributed by atoms with Crippen molar-refractivity contribution in [3.05, 3.63) is 23.3 Å². The first-order valence-corrected chi connectivity index (χ1v) is 8.15. The molecule has 0 bridgehead atoms. The van der Waals surface area contributed by atoms with E-state index in [9.17, 15) is 9.90 Å². The van der Waals surface area contributed by atoms with Gasteiger partial charge in [-0.25, -0.2) is 0 Å². The fraction of sp³-hybridized carbons (Fsp3) is 0.588. The molecule has 3 atom stereocenters. The average molecular weight is 336 g/mol. The lowest BCUT2D eigenvalue weighted by Gasteiger charge is -2.35. The highest BCUT2D eigenvalue weighted by atomic mass is 16.5. The molecule has 1 aromatic rings. The first kappa shape index (κ1) is 17.0. The van der Waals surface area contributed by atoms with Crippen LogP contribution in [0.2, 0.25) is 0 Å². The topological polar surface area (TPSA) is 94.3 Å². The van der Waals surface area contributed by atoms with E-state index in [1.807, 2.05) is 0 Å². The molecule has 1 aromatic carbocycles. The van der Waals surface area contributed by atoms with Gasteiger partial charge in [-0.3, -0.25) is 4.79 Å². The van der Waals surface area contributed by atoms with Crippen LogP contribution >= 0.6 is 0 Å². The molecule has 0 radical (unpaired) electrons. The Morgan fingerprint density at radius 1 is 1.33 bits per heavy atom. The maximum atomic E-state index is 12.7. The minimum atomic E-state index is -0.825. The van der Waals surface area contributed by atoms with Crippen molar-refractivity contribution < 1.29 is 24.1 Å². The quantitative estimate of drug-likeness (QED) is 0.835. The number of hydrogen-bond acceptors (Lipinski definition) is 6. The summed E-state index contributed by atoms with van der Waals surface area (Å²) in [5.74, 6) is 1.13. The van der Waals surface area contributed by atoms with Crippen LogP contribution in [0.1, 0.15) is 30.1 Å². The van der Waals surface area contributed by atoms with Crippen molar-refractivity contribution in [3.8, 4) is 11.5 Å². The number of rotatable bonds is 4. The number of ether oxygens (including phenoxy) is 3. The summed E-state index contributed by atoms with van der Waals surface area (Å²) in [6.45, 7) is 0.988. The van der Waals surface area contributed by atoms with Gasteiger partial charge in [0.05, 0.1) is 33.4 Å². The third kappa shape index (κ3) is 2.94. The fourth-order valence-electron chi connectivity index (χ4n) is 3.51. The van der Waals surface area contributed by atoms with Gasteiger partial charge in [-0.05, 0) is 25.0 Å². The number of aliphatic hydroxyl groups excluding tert-OH is 1. The van der Waals surface area contributed by atoms with Gasteiger partial charge in [0.2, 0.25) is 0 Å². The molecule has 2 heterocycles. The van der Waals surface area contributed by atoms with E-state index < -0.39 is 12.2 Å². The average Bonchev–Trinajstić information content (AvgIpc) is 3.09. The molecule has 1 fully saturated rings. The van der Waals surface area contributed by atoms with Gasteiger partial charge in [0, 0.05) is 17.7 Å². The van der Waals surface area contributed by atoms with E-state index in [0.717, 1.165) is 12.0 Å². The van der Waals surface area contributed by atoms with E-state index in [1.165, 1.54) is 0 Å². The van der Waals surface area contributed by atoms with Gasteiger partial charge in [0.15, 0.2) is 0 Å². The van der Waals surface area contributed by atoms with Gasteiger partial charge in [0.1, 0.15) is 23.7 Å². The van der Waals surface area contributed by atoms with E-state index in [2.05, 4.69) is 0 Å². The SMILES string of the molecule is COc1ccc(OC)c2c1CN(C(=O)[C@@H]1CC[C@H](CN)O1)CC2O. The van der Waals surface area contributed by atoms with Crippen molar-refractivity contribution in [3.63, 3.8) is 0 Å². The molecule has 7 heteroatoms. The zero-order valence-corrected chi connectivity index (χ0v) is 14.0. The smallest absolute Gasteiger partial charge is 0.252 e. The molecular weight excluding hydrogens is 312 g/mol. The second-order valence-corrected chi connectivity index (χ2v) is 6.16. The van der Waals surface area contributed by atoms with Crippen LogP contribution in [0.5, 0.6) is 11.5 Å². The van der Waals surface area contributed by atoms with Crippen LogP contribution in [0.25, 0.3) is 0 Å². The Hall–Kier alpha value is -1.83. The lowest BCUT2D eigenvalue weighted by molar-refractivity contribution is -0.145. The largest absolute Gasteiger partial charge is 0.496 e. The van der Waals surface area contributed by atoms with E-state index in [0.29, 0.717) is 36.6 Å². The number of hydrogen-bond donors (Lipinski definition) is 2. The van der Waals surface area contributed by atoms with Crippen LogP contribution in [0.3, 0.4) is 0 Å². The van der Waals surface area contributed by atoms with Crippen molar-refractivity contribution >= 4 is 5.91 Å². The monoisotopic (exact) mass is 336 g/mol. The molecule has 1 saturated heterocycles. The molecule has 3 rings (SSSR count). The molecule has 24 heavy (non-hydrogen) atoms. The molecule has 0 spiro atoms. The van der Waals surface area contributed by atoms with Crippen LogP contribution in [-0.4, -0.2) is 55.4 Å². The van der Waals surface area contributed by atoms with Crippen molar-refractivity contribution in [1.82, 2.24) is 4.90 Å². The predicted molar refractivity (Wildman–Crippen MR) is 86.9 cm³/mol. The molecule has 3 N–H and O–H groups in total. The van der Waals surface area contributed by atoms with Crippen LogP contribution in [0.15, 0.2) is 12.1 Å². The maximum absolute atomic E-state index is 12.7. The Morgan fingerprint density at radius 2 is 2.04 bits per heavy atom. The normalized spacial score (nSPS) is 26.2. The molecule has 2 aliphatic heterocycles. The predicted octanol–water partition coefficient (Wildman–Crippen LogP) is 0.586. The fourth-order valence-corrected chi connectivity index (χ4v) is 3.51. The van der Waals surface area contributed by atoms with Gasteiger partial charge in [-0.2, -0.15) is 0 Å². The lowest BCUT2D eigenvalue weighted by atomic mass is 9.94. The molecular formula is C17H24N2O5. The summed E-state index contributed by atoms with van der Waals surface area (Å²) >= 11 is 0. The van der Waals surface area contributed by atoms with Crippen LogP contribution < -0.4 is 15.2 Å². The van der Waals surface area contributed by atoms with Crippen molar-refractivity contribution in [1.29, 1.82) is 0 Å². The standard InChI is InChI=1S/C17H24N2O5/c1-22-13-5-6-14(23-2)16-11(13)8-19(9-12(16)20)17(21)15-4-3-10(7-18)24-15/h5-6,10,12,15,20H,3-4,7-9,18H2,1-2H3/t10-,12?,15+/m1/s1. The summed E-state index contributed by atoms with van der Waals surface area (Å²) in [5.41, 5.74) is 7.07. The number of carbonyl (C=O) groups is 1. The highest BCUT2D eigenvalue weighted by Crippen LogP contribution is 2.39. The zero-order chi connectivity index (χ0) is 17.3. The van der Waals surface area contributed by atoms with Gasteiger partial charge in [-0.15, -0.1) is 0 Å². The second kappa shape index (κ2) is 6.96. The first-order valence-electron chi connectivity index (χ1n) is 8.15. The molecule has 132 valence electrons. The number of nitrogens with zero attached hydrogens (tertiary/aromatic N) is 1. The van der Waals surface area contributed by atoms with Gasteiger partial charge >= 0.3 is 0 Å². The first-order chi connectivity index (χ1) is 11.6. The Bertz CT molecular complexity index is 621. The highest BCUT2D eigenvalue weighted by Gasteiger charge is 2.37. The molecule has 7 nitrogen and oxygen atoms in total. The molecule has 0 saturated carbocycles. The van der Waals surface area contributed by atoms with E-state index in [-0.39, 0.29) is 18.6 Å². The Balaban J connectivity index is 1.85. The van der Waals surface area contributed by atoms with Crippen LogP contribution in [0, 0.1) is 0 Å². The highest BCUT2D eigenvalue weighted by molar-refractivity contribution is 5.81. The van der Waals surface area contributed by atoms with Crippen LogP contribution in [0.4, 0.5) is 0 Å². The van der Waals surface area contributed by atoms with E-state index in [4.69, 9.17) is 19.9 Å². The van der Waals surface area contributed by atoms with Crippen LogP contribution in [-0.2, 0) is 16.1 Å². The van der Waals surface area contributed by atoms with E-state index in [1.54, 1.807) is 31.3 Å². The third-order valence-corrected chi connectivity index (χ3v) is 4.75.